The van der Waals surface area contributed by atoms with E-state index in [0.717, 1.165) is 32.1 Å². The van der Waals surface area contributed by atoms with Crippen LogP contribution in [-0.4, -0.2) is 84.5 Å². The minimum atomic E-state index is -0.402. The summed E-state index contributed by atoms with van der Waals surface area (Å²) < 4.78 is 17.2. The van der Waals surface area contributed by atoms with Gasteiger partial charge in [-0.3, -0.25) is 9.69 Å². The lowest BCUT2D eigenvalue weighted by molar-refractivity contribution is -0.153. The third kappa shape index (κ3) is 23.5. The predicted octanol–water partition coefficient (Wildman–Crippen LogP) is 10.1. The topological polar surface area (TPSA) is 88.5 Å². The van der Waals surface area contributed by atoms with E-state index >= 15 is 0 Å². The van der Waals surface area contributed by atoms with Crippen molar-refractivity contribution in [3.8, 4) is 0 Å². The third-order valence-corrected chi connectivity index (χ3v) is 10.8. The lowest BCUT2D eigenvalue weighted by Crippen LogP contribution is -2.39. The molecule has 49 heavy (non-hydrogen) atoms. The minimum absolute atomic E-state index is 0.0616. The van der Waals surface area contributed by atoms with Gasteiger partial charge >= 0.3 is 5.97 Å². The Morgan fingerprint density at radius 2 is 1.06 bits per heavy atom. The summed E-state index contributed by atoms with van der Waals surface area (Å²) in [6.07, 6.45) is 33.8. The molecule has 0 aromatic carbocycles. The molecular formula is C42H81NO6. The van der Waals surface area contributed by atoms with Gasteiger partial charge < -0.3 is 24.4 Å². The molecule has 5 atom stereocenters. The smallest absolute Gasteiger partial charge is 0.306 e. The van der Waals surface area contributed by atoms with Crippen LogP contribution in [0.25, 0.3) is 0 Å². The number of carbonyl (C=O) groups excluding carboxylic acids is 1. The number of hydrogen-bond donors (Lipinski definition) is 2. The van der Waals surface area contributed by atoms with Gasteiger partial charge in [-0.2, -0.15) is 0 Å². The second-order valence-electron chi connectivity index (χ2n) is 15.6. The number of aliphatic hydroxyl groups is 2. The molecule has 290 valence electrons. The van der Waals surface area contributed by atoms with E-state index < -0.39 is 12.2 Å². The van der Waals surface area contributed by atoms with Crippen LogP contribution in [0.4, 0.5) is 0 Å². The molecule has 2 saturated heterocycles. The highest BCUT2D eigenvalue weighted by molar-refractivity contribution is 5.69. The molecule has 0 spiro atoms. The first-order valence-electron chi connectivity index (χ1n) is 21.5. The van der Waals surface area contributed by atoms with Crippen molar-refractivity contribution in [3.63, 3.8) is 0 Å². The lowest BCUT2D eigenvalue weighted by atomic mass is 10.0. The maximum absolute atomic E-state index is 12.6. The van der Waals surface area contributed by atoms with E-state index in [1.54, 1.807) is 0 Å². The van der Waals surface area contributed by atoms with Crippen LogP contribution >= 0.6 is 0 Å². The summed E-state index contributed by atoms with van der Waals surface area (Å²) in [6.45, 7) is 7.41. The summed E-state index contributed by atoms with van der Waals surface area (Å²) in [5.41, 5.74) is 0. The fourth-order valence-corrected chi connectivity index (χ4v) is 7.68. The SMILES string of the molecule is CCCCCCCCCCCCCCC(O)CN(CCCC(=O)OC1COC2CCOC21)CC(O)CCCCCCCCCCCCCC. The van der Waals surface area contributed by atoms with Gasteiger partial charge in [-0.15, -0.1) is 0 Å². The Morgan fingerprint density at radius 3 is 1.51 bits per heavy atom. The molecular weight excluding hydrogens is 614 g/mol. The monoisotopic (exact) mass is 696 g/mol. The molecule has 2 fully saturated rings. The molecule has 2 aliphatic heterocycles. The van der Waals surface area contributed by atoms with Gasteiger partial charge in [-0.05, 0) is 32.2 Å². The van der Waals surface area contributed by atoms with Crippen molar-refractivity contribution in [1.29, 1.82) is 0 Å². The highest BCUT2D eigenvalue weighted by atomic mass is 16.6. The van der Waals surface area contributed by atoms with E-state index in [0.29, 0.717) is 45.7 Å². The van der Waals surface area contributed by atoms with E-state index in [2.05, 4.69) is 18.7 Å². The van der Waals surface area contributed by atoms with Crippen molar-refractivity contribution in [2.24, 2.45) is 0 Å². The zero-order valence-electron chi connectivity index (χ0n) is 32.4. The molecule has 2 rings (SSSR count). The number of aliphatic hydroxyl groups excluding tert-OH is 2. The van der Waals surface area contributed by atoms with Gasteiger partial charge in [-0.25, -0.2) is 0 Å². The largest absolute Gasteiger partial charge is 0.457 e. The average Bonchev–Trinajstić information content (AvgIpc) is 3.71. The van der Waals surface area contributed by atoms with E-state index in [9.17, 15) is 15.0 Å². The van der Waals surface area contributed by atoms with Crippen LogP contribution in [-0.2, 0) is 19.0 Å². The first-order valence-corrected chi connectivity index (χ1v) is 21.5. The zero-order chi connectivity index (χ0) is 35.2. The molecule has 7 nitrogen and oxygen atoms in total. The molecule has 2 N–H and O–H groups in total. The van der Waals surface area contributed by atoms with Crippen molar-refractivity contribution in [1.82, 2.24) is 4.90 Å². The van der Waals surface area contributed by atoms with E-state index in [4.69, 9.17) is 14.2 Å². The number of nitrogens with zero attached hydrogens (tertiary/aromatic N) is 1. The molecule has 0 radical (unpaired) electrons. The van der Waals surface area contributed by atoms with Gasteiger partial charge in [0.1, 0.15) is 6.10 Å². The van der Waals surface area contributed by atoms with Crippen molar-refractivity contribution < 1.29 is 29.2 Å². The highest BCUT2D eigenvalue weighted by Crippen LogP contribution is 2.28. The number of esters is 1. The summed E-state index contributed by atoms with van der Waals surface area (Å²) in [5, 5.41) is 21.9. The van der Waals surface area contributed by atoms with Crippen molar-refractivity contribution in [2.45, 2.75) is 231 Å². The number of rotatable bonds is 35. The minimum Gasteiger partial charge on any atom is -0.457 e. The Balaban J connectivity index is 1.61. The molecule has 0 saturated carbocycles. The maximum atomic E-state index is 12.6. The Morgan fingerprint density at radius 1 is 0.633 bits per heavy atom. The van der Waals surface area contributed by atoms with Crippen LogP contribution in [0.3, 0.4) is 0 Å². The second-order valence-corrected chi connectivity index (χ2v) is 15.6. The summed E-state index contributed by atoms with van der Waals surface area (Å²) in [7, 11) is 0. The lowest BCUT2D eigenvalue weighted by Gasteiger charge is -2.27. The molecule has 0 aliphatic carbocycles. The quantitative estimate of drug-likeness (QED) is 0.0504. The summed E-state index contributed by atoms with van der Waals surface area (Å²) >= 11 is 0. The van der Waals surface area contributed by atoms with Crippen LogP contribution in [0.2, 0.25) is 0 Å². The Bertz CT molecular complexity index is 717. The van der Waals surface area contributed by atoms with Gasteiger partial charge in [-0.1, -0.05) is 168 Å². The molecule has 0 bridgehead atoms. The molecule has 2 heterocycles. The van der Waals surface area contributed by atoms with Gasteiger partial charge in [0, 0.05) is 26.1 Å². The van der Waals surface area contributed by atoms with Crippen molar-refractivity contribution in [2.75, 3.05) is 32.8 Å². The standard InChI is InChI=1S/C42H81NO6/c1-3-5-7-9-11-13-15-17-19-21-23-25-28-37(44)34-43(32-27-30-41(46)49-40-36-48-39-31-33-47-42(39)40)35-38(45)29-26-24-22-20-18-16-14-12-10-8-6-4-2/h37-40,42,44-45H,3-36H2,1-2H3. The number of hydrogen-bond acceptors (Lipinski definition) is 7. The fraction of sp³-hybridized carbons (Fsp3) is 0.976. The van der Waals surface area contributed by atoms with Gasteiger partial charge in [0.05, 0.1) is 24.9 Å². The average molecular weight is 696 g/mol. The molecule has 2 aliphatic rings. The molecule has 7 heteroatoms. The normalized spacial score (nSPS) is 20.2. The molecule has 0 amide bonds. The zero-order valence-corrected chi connectivity index (χ0v) is 32.4. The van der Waals surface area contributed by atoms with Crippen LogP contribution in [0, 0.1) is 0 Å². The Labute approximate surface area is 303 Å². The molecule has 5 unspecified atom stereocenters. The first kappa shape index (κ1) is 44.4. The summed E-state index contributed by atoms with van der Waals surface area (Å²) in [6, 6.07) is 0. The van der Waals surface area contributed by atoms with E-state index in [-0.39, 0.29) is 24.3 Å². The van der Waals surface area contributed by atoms with Crippen molar-refractivity contribution >= 4 is 5.97 Å². The fourth-order valence-electron chi connectivity index (χ4n) is 7.68. The first-order chi connectivity index (χ1) is 24.0. The number of carbonyl (C=O) groups is 1. The number of unbranched alkanes of at least 4 members (excludes halogenated alkanes) is 22. The maximum Gasteiger partial charge on any atom is 0.306 e. The van der Waals surface area contributed by atoms with E-state index in [1.165, 1.54) is 141 Å². The summed E-state index contributed by atoms with van der Waals surface area (Å²) in [4.78, 5) is 14.8. The Kier molecular flexibility index (Phi) is 28.0. The third-order valence-electron chi connectivity index (χ3n) is 10.8. The predicted molar refractivity (Wildman–Crippen MR) is 203 cm³/mol. The number of ether oxygens (including phenoxy) is 3. The van der Waals surface area contributed by atoms with E-state index in [1.807, 2.05) is 0 Å². The summed E-state index contributed by atoms with van der Waals surface area (Å²) in [5.74, 6) is -0.209. The van der Waals surface area contributed by atoms with Gasteiger partial charge in [0.25, 0.3) is 0 Å². The van der Waals surface area contributed by atoms with Crippen molar-refractivity contribution in [3.05, 3.63) is 0 Å². The van der Waals surface area contributed by atoms with Gasteiger partial charge in [0.15, 0.2) is 6.10 Å². The van der Waals surface area contributed by atoms with Gasteiger partial charge in [0.2, 0.25) is 0 Å². The van der Waals surface area contributed by atoms with Crippen LogP contribution in [0.5, 0.6) is 0 Å². The van der Waals surface area contributed by atoms with Crippen LogP contribution in [0.1, 0.15) is 200 Å². The number of fused-ring (bicyclic) bond motifs is 1. The highest BCUT2D eigenvalue weighted by Gasteiger charge is 2.43. The van der Waals surface area contributed by atoms with Crippen LogP contribution in [0.15, 0.2) is 0 Å². The second kappa shape index (κ2) is 30.9. The Hall–Kier alpha value is -0.730. The van der Waals surface area contributed by atoms with Crippen LogP contribution < -0.4 is 0 Å². The molecule has 0 aromatic heterocycles. The molecule has 0 aromatic rings.